The lowest BCUT2D eigenvalue weighted by Gasteiger charge is -2.04. The molecule has 0 N–H and O–H groups in total. The summed E-state index contributed by atoms with van der Waals surface area (Å²) in [5.74, 6) is -0.310. The van der Waals surface area contributed by atoms with Crippen molar-refractivity contribution in [3.63, 3.8) is 0 Å². The summed E-state index contributed by atoms with van der Waals surface area (Å²) in [6, 6.07) is 1.48. The molecule has 0 unspecified atom stereocenters. The Hall–Kier alpha value is -1.46. The van der Waals surface area contributed by atoms with Gasteiger partial charge < -0.3 is 0 Å². The van der Waals surface area contributed by atoms with Crippen molar-refractivity contribution in [2.24, 2.45) is 0 Å². The van der Waals surface area contributed by atoms with Crippen LogP contribution in [-0.2, 0) is 6.54 Å². The third-order valence-corrected chi connectivity index (χ3v) is 2.80. The molecule has 7 heteroatoms. The molecule has 0 amide bonds. The van der Waals surface area contributed by atoms with Gasteiger partial charge in [-0.05, 0) is 12.5 Å². The Morgan fingerprint density at radius 2 is 2.17 bits per heavy atom. The summed E-state index contributed by atoms with van der Waals surface area (Å²) < 4.78 is 1.54. The minimum Gasteiger partial charge on any atom is -0.285 e. The fourth-order valence-corrected chi connectivity index (χ4v) is 1.98. The highest BCUT2D eigenvalue weighted by Crippen LogP contribution is 2.20. The molecule has 2 aromatic rings. The first kappa shape index (κ1) is 13.0. The fraction of sp³-hybridized carbons (Fsp3) is 0.273. The van der Waals surface area contributed by atoms with Gasteiger partial charge in [0.15, 0.2) is 0 Å². The van der Waals surface area contributed by atoms with Crippen LogP contribution < -0.4 is 0 Å². The van der Waals surface area contributed by atoms with Crippen molar-refractivity contribution in [1.82, 2.24) is 20.0 Å². The molecule has 0 aliphatic carbocycles. The molecule has 2 rings (SSSR count). The zero-order chi connectivity index (χ0) is 13.1. The number of aryl methyl sites for hydroxylation is 1. The molecular weight excluding hydrogens is 275 g/mol. The molecule has 0 saturated carbocycles. The predicted octanol–water partition coefficient (Wildman–Crippen LogP) is 2.62. The maximum atomic E-state index is 12.2. The summed E-state index contributed by atoms with van der Waals surface area (Å²) in [6.45, 7) is 2.61. The molecule has 5 nitrogen and oxygen atoms in total. The summed E-state index contributed by atoms with van der Waals surface area (Å²) in [5, 5.41) is 8.18. The van der Waals surface area contributed by atoms with E-state index in [9.17, 15) is 4.79 Å². The fourth-order valence-electron chi connectivity index (χ4n) is 1.51. The molecule has 0 aromatic carbocycles. The first-order valence-electron chi connectivity index (χ1n) is 5.37. The van der Waals surface area contributed by atoms with E-state index in [0.29, 0.717) is 17.3 Å². The summed E-state index contributed by atoms with van der Waals surface area (Å²) in [5.41, 5.74) is 0.522. The number of rotatable bonds is 4. The molecule has 2 aromatic heterocycles. The molecule has 0 radical (unpaired) electrons. The van der Waals surface area contributed by atoms with Gasteiger partial charge in [-0.2, -0.15) is 0 Å². The molecule has 2 heterocycles. The molecule has 18 heavy (non-hydrogen) atoms. The standard InChI is InChI=1S/C11H10Cl2N4O/c1-2-3-17-9(6-15-16-17)11(18)10-8(13)4-7(12)5-14-10/h4-6H,2-3H2,1H3. The highest BCUT2D eigenvalue weighted by Gasteiger charge is 2.19. The molecule has 0 bridgehead atoms. The third kappa shape index (κ3) is 2.52. The van der Waals surface area contributed by atoms with Crippen LogP contribution in [0.2, 0.25) is 10.0 Å². The van der Waals surface area contributed by atoms with Crippen LogP contribution in [-0.4, -0.2) is 25.8 Å². The smallest absolute Gasteiger partial charge is 0.232 e. The summed E-state index contributed by atoms with van der Waals surface area (Å²) in [7, 11) is 0. The van der Waals surface area contributed by atoms with Gasteiger partial charge in [0.1, 0.15) is 11.4 Å². The topological polar surface area (TPSA) is 60.7 Å². The van der Waals surface area contributed by atoms with Gasteiger partial charge in [0.2, 0.25) is 5.78 Å². The monoisotopic (exact) mass is 284 g/mol. The molecule has 0 spiro atoms. The van der Waals surface area contributed by atoms with Gasteiger partial charge in [0.05, 0.1) is 16.2 Å². The minimum atomic E-state index is -0.310. The summed E-state index contributed by atoms with van der Waals surface area (Å²) >= 11 is 11.7. The lowest BCUT2D eigenvalue weighted by molar-refractivity contribution is 0.102. The lowest BCUT2D eigenvalue weighted by atomic mass is 10.2. The van der Waals surface area contributed by atoms with Crippen molar-refractivity contribution >= 4 is 29.0 Å². The summed E-state index contributed by atoms with van der Waals surface area (Å²) in [4.78, 5) is 16.2. The maximum Gasteiger partial charge on any atom is 0.232 e. The van der Waals surface area contributed by atoms with Gasteiger partial charge in [0.25, 0.3) is 0 Å². The highest BCUT2D eigenvalue weighted by atomic mass is 35.5. The zero-order valence-corrected chi connectivity index (χ0v) is 11.1. The Kier molecular flexibility index (Phi) is 3.93. The largest absolute Gasteiger partial charge is 0.285 e. The second kappa shape index (κ2) is 5.46. The van der Waals surface area contributed by atoms with Gasteiger partial charge in [-0.3, -0.25) is 4.79 Å². The first-order valence-corrected chi connectivity index (χ1v) is 6.13. The second-order valence-electron chi connectivity index (χ2n) is 3.66. The third-order valence-electron chi connectivity index (χ3n) is 2.31. The van der Waals surface area contributed by atoms with Crippen molar-refractivity contribution in [3.05, 3.63) is 39.9 Å². The molecule has 0 atom stereocenters. The van der Waals surface area contributed by atoms with E-state index in [2.05, 4.69) is 15.3 Å². The lowest BCUT2D eigenvalue weighted by Crippen LogP contribution is -2.13. The second-order valence-corrected chi connectivity index (χ2v) is 4.50. The number of pyridine rings is 1. The van der Waals surface area contributed by atoms with Gasteiger partial charge in [-0.15, -0.1) is 5.10 Å². The number of hydrogen-bond acceptors (Lipinski definition) is 4. The van der Waals surface area contributed by atoms with E-state index < -0.39 is 0 Å². The number of aromatic nitrogens is 4. The molecule has 94 valence electrons. The van der Waals surface area contributed by atoms with Gasteiger partial charge >= 0.3 is 0 Å². The van der Waals surface area contributed by atoms with Crippen LogP contribution in [0.1, 0.15) is 29.5 Å². The van der Waals surface area contributed by atoms with Crippen LogP contribution in [0.4, 0.5) is 0 Å². The number of ketones is 1. The van der Waals surface area contributed by atoms with Crippen LogP contribution in [0, 0.1) is 0 Å². The number of hydrogen-bond donors (Lipinski definition) is 0. The Morgan fingerprint density at radius 1 is 1.39 bits per heavy atom. The van der Waals surface area contributed by atoms with Crippen molar-refractivity contribution < 1.29 is 4.79 Å². The van der Waals surface area contributed by atoms with E-state index in [1.165, 1.54) is 23.1 Å². The minimum absolute atomic E-state index is 0.153. The van der Waals surface area contributed by atoms with Crippen molar-refractivity contribution in [2.45, 2.75) is 19.9 Å². The number of nitrogens with zero attached hydrogens (tertiary/aromatic N) is 4. The Bertz CT molecular complexity index is 582. The predicted molar refractivity (Wildman–Crippen MR) is 68.0 cm³/mol. The van der Waals surface area contributed by atoms with E-state index >= 15 is 0 Å². The van der Waals surface area contributed by atoms with Crippen molar-refractivity contribution in [3.8, 4) is 0 Å². The zero-order valence-electron chi connectivity index (χ0n) is 9.60. The molecule has 0 fully saturated rings. The normalized spacial score (nSPS) is 10.6. The Balaban J connectivity index is 2.38. The first-order chi connectivity index (χ1) is 8.63. The van der Waals surface area contributed by atoms with Crippen LogP contribution in [0.5, 0.6) is 0 Å². The van der Waals surface area contributed by atoms with Crippen LogP contribution >= 0.6 is 23.2 Å². The number of carbonyl (C=O) groups excluding carboxylic acids is 1. The van der Waals surface area contributed by atoms with E-state index in [1.807, 2.05) is 6.92 Å². The molecule has 0 saturated heterocycles. The summed E-state index contributed by atoms with van der Waals surface area (Å²) in [6.07, 6.45) is 3.64. The van der Waals surface area contributed by atoms with Crippen molar-refractivity contribution in [2.75, 3.05) is 0 Å². The Morgan fingerprint density at radius 3 is 2.83 bits per heavy atom. The molecule has 0 aliphatic rings. The number of carbonyl (C=O) groups is 1. The van der Waals surface area contributed by atoms with Crippen LogP contribution in [0.15, 0.2) is 18.5 Å². The average Bonchev–Trinajstić information content (AvgIpc) is 2.77. The molecule has 0 aliphatic heterocycles. The quantitative estimate of drug-likeness (QED) is 0.810. The maximum absolute atomic E-state index is 12.2. The van der Waals surface area contributed by atoms with Crippen LogP contribution in [0.25, 0.3) is 0 Å². The van der Waals surface area contributed by atoms with Gasteiger partial charge in [-0.1, -0.05) is 35.3 Å². The van der Waals surface area contributed by atoms with Crippen LogP contribution in [0.3, 0.4) is 0 Å². The van der Waals surface area contributed by atoms with E-state index in [4.69, 9.17) is 23.2 Å². The van der Waals surface area contributed by atoms with Gasteiger partial charge in [0, 0.05) is 12.7 Å². The SMILES string of the molecule is CCCn1nncc1C(=O)c1ncc(Cl)cc1Cl. The van der Waals surface area contributed by atoms with E-state index in [-0.39, 0.29) is 16.5 Å². The highest BCUT2D eigenvalue weighted by molar-refractivity contribution is 6.36. The van der Waals surface area contributed by atoms with Gasteiger partial charge in [-0.25, -0.2) is 9.67 Å². The van der Waals surface area contributed by atoms with E-state index in [1.54, 1.807) is 0 Å². The average molecular weight is 285 g/mol. The van der Waals surface area contributed by atoms with E-state index in [0.717, 1.165) is 6.42 Å². The Labute approximate surface area is 114 Å². The number of halogens is 2. The van der Waals surface area contributed by atoms with Crippen molar-refractivity contribution in [1.29, 1.82) is 0 Å². The molecular formula is C11H10Cl2N4O.